The van der Waals surface area contributed by atoms with Gasteiger partial charge in [0.05, 0.1) is 6.61 Å². The molecule has 0 aliphatic carbocycles. The number of nitrogens with zero attached hydrogens (tertiary/aromatic N) is 1. The maximum Gasteiger partial charge on any atom is 0.266 e. The summed E-state index contributed by atoms with van der Waals surface area (Å²) in [5.41, 5.74) is 1.67. The number of rotatable bonds is 8. The molecule has 3 aromatic carbocycles. The lowest BCUT2D eigenvalue weighted by atomic mass is 10.1. The van der Waals surface area contributed by atoms with E-state index in [4.69, 9.17) is 21.1 Å². The van der Waals surface area contributed by atoms with Crippen molar-refractivity contribution in [2.24, 2.45) is 0 Å². The Bertz CT molecular complexity index is 1190. The molecule has 0 atom stereocenters. The van der Waals surface area contributed by atoms with E-state index in [0.717, 1.165) is 0 Å². The molecule has 162 valence electrons. The van der Waals surface area contributed by atoms with Crippen LogP contribution in [0.3, 0.4) is 0 Å². The predicted molar refractivity (Wildman–Crippen MR) is 122 cm³/mol. The highest BCUT2D eigenvalue weighted by atomic mass is 35.5. The number of nitriles is 1. The molecular weight excluding hydrogens is 431 g/mol. The number of halogens is 2. The molecule has 0 heterocycles. The van der Waals surface area contributed by atoms with Crippen molar-refractivity contribution in [3.05, 3.63) is 94.3 Å². The molecule has 0 aromatic heterocycles. The van der Waals surface area contributed by atoms with E-state index in [9.17, 15) is 14.4 Å². The summed E-state index contributed by atoms with van der Waals surface area (Å²) < 4.78 is 24.8. The molecule has 0 bridgehead atoms. The molecular formula is C25H20ClFN2O3. The highest BCUT2D eigenvalue weighted by molar-refractivity contribution is 6.31. The fraction of sp³-hybridized carbons (Fsp3) is 0.120. The zero-order valence-electron chi connectivity index (χ0n) is 17.3. The summed E-state index contributed by atoms with van der Waals surface area (Å²) in [7, 11) is 0. The van der Waals surface area contributed by atoms with Gasteiger partial charge in [0.2, 0.25) is 0 Å². The Morgan fingerprint density at radius 2 is 1.91 bits per heavy atom. The molecule has 0 spiro atoms. The molecule has 32 heavy (non-hydrogen) atoms. The summed E-state index contributed by atoms with van der Waals surface area (Å²) in [4.78, 5) is 12.5. The molecule has 1 N–H and O–H groups in total. The molecule has 0 fully saturated rings. The van der Waals surface area contributed by atoms with Crippen LogP contribution in [-0.4, -0.2) is 12.5 Å². The monoisotopic (exact) mass is 450 g/mol. The van der Waals surface area contributed by atoms with Crippen LogP contribution in [0.2, 0.25) is 5.02 Å². The van der Waals surface area contributed by atoms with Crippen molar-refractivity contribution >= 4 is 29.3 Å². The zero-order valence-corrected chi connectivity index (χ0v) is 18.0. The van der Waals surface area contributed by atoms with E-state index in [-0.39, 0.29) is 18.0 Å². The minimum Gasteiger partial charge on any atom is -0.490 e. The summed E-state index contributed by atoms with van der Waals surface area (Å²) in [6.45, 7) is 2.39. The molecule has 0 saturated carbocycles. The Hall–Kier alpha value is -3.82. The topological polar surface area (TPSA) is 71.3 Å². The molecule has 1 amide bonds. The molecule has 3 rings (SSSR count). The quantitative estimate of drug-likeness (QED) is 0.337. The number of benzene rings is 3. The molecule has 0 aliphatic rings. The first-order chi connectivity index (χ1) is 15.5. The molecule has 0 unspecified atom stereocenters. The molecule has 3 aromatic rings. The summed E-state index contributed by atoms with van der Waals surface area (Å²) in [6.07, 6.45) is 1.46. The maximum absolute atomic E-state index is 13.4. The molecule has 7 heteroatoms. The predicted octanol–water partition coefficient (Wildman–Crippen LogP) is 6.00. The van der Waals surface area contributed by atoms with E-state index in [0.29, 0.717) is 39.9 Å². The lowest BCUT2D eigenvalue weighted by Gasteiger charge is -2.13. The first kappa shape index (κ1) is 22.9. The van der Waals surface area contributed by atoms with Gasteiger partial charge in [0.15, 0.2) is 11.5 Å². The number of carbonyl (C=O) groups excluding carboxylic acids is 1. The zero-order chi connectivity index (χ0) is 22.9. The van der Waals surface area contributed by atoms with Crippen molar-refractivity contribution in [1.82, 2.24) is 0 Å². The third-order valence-corrected chi connectivity index (χ3v) is 4.54. The fourth-order valence-corrected chi connectivity index (χ4v) is 3.06. The molecule has 5 nitrogen and oxygen atoms in total. The second kappa shape index (κ2) is 11.0. The van der Waals surface area contributed by atoms with Gasteiger partial charge in [0, 0.05) is 10.7 Å². The Morgan fingerprint density at radius 3 is 2.62 bits per heavy atom. The normalized spacial score (nSPS) is 10.9. The van der Waals surface area contributed by atoms with Crippen LogP contribution in [-0.2, 0) is 11.4 Å². The van der Waals surface area contributed by atoms with Crippen molar-refractivity contribution in [2.45, 2.75) is 13.5 Å². The van der Waals surface area contributed by atoms with Crippen LogP contribution in [0.5, 0.6) is 11.5 Å². The standard InChI is InChI=1S/C25H20ClFN2O3/c1-2-31-24-13-17(9-10-23(24)32-16-18-5-3-7-21(27)12-18)11-19(15-28)25(30)29-22-8-4-6-20(26)14-22/h3-14H,2,16H2,1H3,(H,29,30)/b19-11+. The summed E-state index contributed by atoms with van der Waals surface area (Å²) in [6, 6.07) is 19.8. The van der Waals surface area contributed by atoms with Gasteiger partial charge in [-0.05, 0) is 66.6 Å². The molecule has 0 aliphatic heterocycles. The highest BCUT2D eigenvalue weighted by Gasteiger charge is 2.12. The van der Waals surface area contributed by atoms with Crippen LogP contribution in [0, 0.1) is 17.1 Å². The van der Waals surface area contributed by atoms with E-state index in [2.05, 4.69) is 5.32 Å². The third-order valence-electron chi connectivity index (χ3n) is 4.31. The minimum atomic E-state index is -0.556. The van der Waals surface area contributed by atoms with Crippen molar-refractivity contribution in [1.29, 1.82) is 5.26 Å². The number of hydrogen-bond acceptors (Lipinski definition) is 4. The van der Waals surface area contributed by atoms with Gasteiger partial charge in [0.25, 0.3) is 5.91 Å². The SMILES string of the molecule is CCOc1cc(/C=C(\C#N)C(=O)Nc2cccc(Cl)c2)ccc1OCc1cccc(F)c1. The Morgan fingerprint density at radius 1 is 1.09 bits per heavy atom. The summed E-state index contributed by atoms with van der Waals surface area (Å²) in [5, 5.41) is 12.6. The van der Waals surface area contributed by atoms with E-state index in [1.54, 1.807) is 54.6 Å². The van der Waals surface area contributed by atoms with Crippen LogP contribution in [0.1, 0.15) is 18.1 Å². The average Bonchev–Trinajstić information content (AvgIpc) is 2.77. The first-order valence-electron chi connectivity index (χ1n) is 9.81. The van der Waals surface area contributed by atoms with Crippen molar-refractivity contribution < 1.29 is 18.7 Å². The van der Waals surface area contributed by atoms with E-state index >= 15 is 0 Å². The van der Waals surface area contributed by atoms with Gasteiger partial charge < -0.3 is 14.8 Å². The Kier molecular flexibility index (Phi) is 7.85. The lowest BCUT2D eigenvalue weighted by molar-refractivity contribution is -0.112. The van der Waals surface area contributed by atoms with Crippen LogP contribution in [0.15, 0.2) is 72.3 Å². The lowest BCUT2D eigenvalue weighted by Crippen LogP contribution is -2.13. The van der Waals surface area contributed by atoms with E-state index in [1.165, 1.54) is 18.2 Å². The van der Waals surface area contributed by atoms with Crippen LogP contribution in [0.25, 0.3) is 6.08 Å². The summed E-state index contributed by atoms with van der Waals surface area (Å²) in [5.74, 6) is 0.0243. The summed E-state index contributed by atoms with van der Waals surface area (Å²) >= 11 is 5.93. The third kappa shape index (κ3) is 6.34. The van der Waals surface area contributed by atoms with Crippen LogP contribution in [0.4, 0.5) is 10.1 Å². The second-order valence-corrected chi connectivity index (χ2v) is 7.13. The highest BCUT2D eigenvalue weighted by Crippen LogP contribution is 2.30. The minimum absolute atomic E-state index is 0.0825. The smallest absolute Gasteiger partial charge is 0.266 e. The van der Waals surface area contributed by atoms with Gasteiger partial charge >= 0.3 is 0 Å². The number of nitrogens with one attached hydrogen (secondary N) is 1. The number of amides is 1. The Balaban J connectivity index is 1.78. The molecule has 0 radical (unpaired) electrons. The number of hydrogen-bond donors (Lipinski definition) is 1. The van der Waals surface area contributed by atoms with Gasteiger partial charge in [0.1, 0.15) is 24.1 Å². The Labute approximate surface area is 190 Å². The van der Waals surface area contributed by atoms with Crippen molar-refractivity contribution in [3.8, 4) is 17.6 Å². The van der Waals surface area contributed by atoms with Crippen LogP contribution < -0.4 is 14.8 Å². The number of carbonyl (C=O) groups is 1. The molecule has 0 saturated heterocycles. The average molecular weight is 451 g/mol. The van der Waals surface area contributed by atoms with E-state index in [1.807, 2.05) is 13.0 Å². The van der Waals surface area contributed by atoms with Crippen molar-refractivity contribution in [2.75, 3.05) is 11.9 Å². The van der Waals surface area contributed by atoms with Crippen LogP contribution >= 0.6 is 11.6 Å². The second-order valence-electron chi connectivity index (χ2n) is 6.69. The maximum atomic E-state index is 13.4. The number of ether oxygens (including phenoxy) is 2. The fourth-order valence-electron chi connectivity index (χ4n) is 2.87. The van der Waals surface area contributed by atoms with E-state index < -0.39 is 5.91 Å². The van der Waals surface area contributed by atoms with Gasteiger partial charge in [-0.3, -0.25) is 4.79 Å². The van der Waals surface area contributed by atoms with Crippen molar-refractivity contribution in [3.63, 3.8) is 0 Å². The van der Waals surface area contributed by atoms with Gasteiger partial charge in [-0.1, -0.05) is 35.9 Å². The number of anilines is 1. The van der Waals surface area contributed by atoms with Gasteiger partial charge in [-0.2, -0.15) is 5.26 Å². The largest absolute Gasteiger partial charge is 0.490 e. The van der Waals surface area contributed by atoms with Gasteiger partial charge in [-0.15, -0.1) is 0 Å². The van der Waals surface area contributed by atoms with Gasteiger partial charge in [-0.25, -0.2) is 4.39 Å². The first-order valence-corrected chi connectivity index (χ1v) is 10.2.